The minimum absolute atomic E-state index is 0.0194. The number of fused-ring (bicyclic) bond motifs is 1. The SMILES string of the molecule is CC1(N)C=CC2=C(C=C1)C(C)(C)C1(C=Cc3cc([N+](=O)[O-])ccc3O1)N2CCCCCC(=O)O. The predicted octanol–water partition coefficient (Wildman–Crippen LogP) is 4.78. The molecule has 4 rings (SSSR count). The summed E-state index contributed by atoms with van der Waals surface area (Å²) in [6, 6.07) is 4.64. The number of carboxylic acid groups (broad SMARTS) is 1. The summed E-state index contributed by atoms with van der Waals surface area (Å²) in [6.07, 6.45) is 14.3. The van der Waals surface area contributed by atoms with E-state index in [1.165, 1.54) is 12.1 Å². The van der Waals surface area contributed by atoms with Gasteiger partial charge in [-0.25, -0.2) is 0 Å². The largest absolute Gasteiger partial charge is 0.481 e. The van der Waals surface area contributed by atoms with E-state index in [4.69, 9.17) is 15.6 Å². The summed E-state index contributed by atoms with van der Waals surface area (Å²) in [5.41, 5.74) is 7.29. The maximum absolute atomic E-state index is 11.2. The van der Waals surface area contributed by atoms with Crippen molar-refractivity contribution in [1.82, 2.24) is 4.90 Å². The van der Waals surface area contributed by atoms with Crippen LogP contribution >= 0.6 is 0 Å². The zero-order valence-corrected chi connectivity index (χ0v) is 19.8. The van der Waals surface area contributed by atoms with Gasteiger partial charge in [0.25, 0.3) is 5.69 Å². The number of carbonyl (C=O) groups is 1. The topological polar surface area (TPSA) is 119 Å². The van der Waals surface area contributed by atoms with Gasteiger partial charge in [-0.3, -0.25) is 14.9 Å². The van der Waals surface area contributed by atoms with Gasteiger partial charge in [0.15, 0.2) is 0 Å². The van der Waals surface area contributed by atoms with Crippen molar-refractivity contribution in [2.75, 3.05) is 6.54 Å². The Morgan fingerprint density at radius 3 is 2.56 bits per heavy atom. The number of allylic oxidation sites excluding steroid dienone is 2. The molecular weight excluding hydrogens is 434 g/mol. The van der Waals surface area contributed by atoms with Crippen LogP contribution in [0.15, 0.2) is 59.8 Å². The second-order valence-electron chi connectivity index (χ2n) is 9.92. The molecule has 180 valence electrons. The van der Waals surface area contributed by atoms with Gasteiger partial charge in [-0.15, -0.1) is 0 Å². The van der Waals surface area contributed by atoms with E-state index in [0.29, 0.717) is 24.3 Å². The smallest absolute Gasteiger partial charge is 0.303 e. The molecule has 0 fully saturated rings. The Hall–Kier alpha value is -3.39. The number of nitro groups is 1. The Bertz CT molecular complexity index is 1150. The van der Waals surface area contributed by atoms with E-state index >= 15 is 0 Å². The van der Waals surface area contributed by atoms with E-state index in [9.17, 15) is 14.9 Å². The molecule has 2 aliphatic heterocycles. The summed E-state index contributed by atoms with van der Waals surface area (Å²) in [5, 5.41) is 20.2. The summed E-state index contributed by atoms with van der Waals surface area (Å²) in [7, 11) is 0. The summed E-state index contributed by atoms with van der Waals surface area (Å²) in [5.74, 6) is -0.196. The van der Waals surface area contributed by atoms with Gasteiger partial charge in [0, 0.05) is 36.4 Å². The number of nitro benzene ring substituents is 1. The van der Waals surface area contributed by atoms with Gasteiger partial charge in [0.1, 0.15) is 5.75 Å². The minimum Gasteiger partial charge on any atom is -0.481 e. The highest BCUT2D eigenvalue weighted by atomic mass is 16.6. The number of carboxylic acids is 1. The summed E-state index contributed by atoms with van der Waals surface area (Å²) < 4.78 is 6.70. The molecule has 1 spiro atoms. The van der Waals surface area contributed by atoms with Crippen molar-refractivity contribution in [2.24, 2.45) is 11.1 Å². The average Bonchev–Trinajstić information content (AvgIpc) is 2.85. The number of nitrogens with zero attached hydrogens (tertiary/aromatic N) is 2. The molecule has 3 N–H and O–H groups in total. The molecule has 0 aromatic heterocycles. The Labute approximate surface area is 199 Å². The summed E-state index contributed by atoms with van der Waals surface area (Å²) >= 11 is 0. The first kappa shape index (κ1) is 23.8. The lowest BCUT2D eigenvalue weighted by molar-refractivity contribution is -0.384. The molecule has 3 aliphatic rings. The molecule has 0 amide bonds. The second kappa shape index (κ2) is 8.43. The summed E-state index contributed by atoms with van der Waals surface area (Å²) in [6.45, 7) is 6.87. The molecule has 2 atom stereocenters. The zero-order valence-electron chi connectivity index (χ0n) is 19.8. The van der Waals surface area contributed by atoms with Crippen LogP contribution in [0.5, 0.6) is 5.75 Å². The van der Waals surface area contributed by atoms with E-state index in [1.54, 1.807) is 6.07 Å². The van der Waals surface area contributed by atoms with Gasteiger partial charge in [0.2, 0.25) is 5.72 Å². The van der Waals surface area contributed by atoms with E-state index in [2.05, 4.69) is 24.8 Å². The van der Waals surface area contributed by atoms with Gasteiger partial charge >= 0.3 is 5.97 Å². The number of unbranched alkanes of at least 4 members (excludes halogenated alkanes) is 2. The zero-order chi connectivity index (χ0) is 24.7. The van der Waals surface area contributed by atoms with Crippen LogP contribution in [0.25, 0.3) is 6.08 Å². The van der Waals surface area contributed by atoms with E-state index in [1.807, 2.05) is 37.3 Å². The van der Waals surface area contributed by atoms with E-state index in [0.717, 1.165) is 24.1 Å². The molecule has 0 saturated heterocycles. The number of hydrogen-bond acceptors (Lipinski definition) is 6. The lowest BCUT2D eigenvalue weighted by Crippen LogP contribution is -2.57. The number of benzene rings is 1. The van der Waals surface area contributed by atoms with Crippen LogP contribution in [-0.2, 0) is 4.79 Å². The number of aliphatic carboxylic acids is 1. The van der Waals surface area contributed by atoms with Crippen molar-refractivity contribution in [3.8, 4) is 5.75 Å². The number of hydrogen-bond donors (Lipinski definition) is 2. The van der Waals surface area contributed by atoms with Crippen molar-refractivity contribution in [3.05, 3.63) is 75.5 Å². The molecule has 0 radical (unpaired) electrons. The Kier molecular flexibility index (Phi) is 5.89. The molecule has 0 saturated carbocycles. The van der Waals surface area contributed by atoms with E-state index in [-0.39, 0.29) is 12.1 Å². The highest BCUT2D eigenvalue weighted by molar-refractivity contribution is 5.67. The average molecular weight is 466 g/mol. The highest BCUT2D eigenvalue weighted by Gasteiger charge is 2.59. The first-order valence-electron chi connectivity index (χ1n) is 11.6. The molecule has 1 aromatic rings. The third kappa shape index (κ3) is 4.03. The van der Waals surface area contributed by atoms with Gasteiger partial charge in [-0.1, -0.05) is 24.6 Å². The molecule has 2 heterocycles. The van der Waals surface area contributed by atoms with Crippen LogP contribution < -0.4 is 10.5 Å². The van der Waals surface area contributed by atoms with Crippen LogP contribution in [0.1, 0.15) is 52.0 Å². The lowest BCUT2D eigenvalue weighted by atomic mass is 9.75. The molecule has 8 heteroatoms. The molecule has 1 aliphatic carbocycles. The number of ether oxygens (including phenoxy) is 1. The maximum Gasteiger partial charge on any atom is 0.303 e. The Balaban J connectivity index is 1.72. The third-order valence-electron chi connectivity index (χ3n) is 6.98. The van der Waals surface area contributed by atoms with Crippen molar-refractivity contribution < 1.29 is 19.6 Å². The minimum atomic E-state index is -0.843. The fourth-order valence-corrected chi connectivity index (χ4v) is 4.99. The Morgan fingerprint density at radius 1 is 1.12 bits per heavy atom. The van der Waals surface area contributed by atoms with Crippen LogP contribution in [0.4, 0.5) is 5.69 Å². The van der Waals surface area contributed by atoms with E-state index < -0.39 is 27.6 Å². The fraction of sp³-hybridized carbons (Fsp3) is 0.423. The summed E-state index contributed by atoms with van der Waals surface area (Å²) in [4.78, 5) is 23.9. The lowest BCUT2D eigenvalue weighted by Gasteiger charge is -2.48. The normalized spacial score (nSPS) is 26.3. The number of rotatable bonds is 7. The first-order chi connectivity index (χ1) is 16.0. The maximum atomic E-state index is 11.2. The Morgan fingerprint density at radius 2 is 1.85 bits per heavy atom. The van der Waals surface area contributed by atoms with Crippen molar-refractivity contribution >= 4 is 17.7 Å². The van der Waals surface area contributed by atoms with Crippen LogP contribution in [0.2, 0.25) is 0 Å². The molecular formula is C26H31N3O5. The second-order valence-corrected chi connectivity index (χ2v) is 9.92. The molecule has 34 heavy (non-hydrogen) atoms. The monoisotopic (exact) mass is 465 g/mol. The van der Waals surface area contributed by atoms with Crippen LogP contribution in [0.3, 0.4) is 0 Å². The first-order valence-corrected chi connectivity index (χ1v) is 11.6. The molecule has 0 bridgehead atoms. The van der Waals surface area contributed by atoms with Gasteiger partial charge in [-0.05, 0) is 63.5 Å². The van der Waals surface area contributed by atoms with Gasteiger partial charge in [-0.2, -0.15) is 0 Å². The third-order valence-corrected chi connectivity index (χ3v) is 6.98. The van der Waals surface area contributed by atoms with Gasteiger partial charge < -0.3 is 20.5 Å². The number of non-ortho nitro benzene ring substituents is 1. The molecule has 1 aromatic carbocycles. The van der Waals surface area contributed by atoms with Crippen LogP contribution in [-0.4, -0.2) is 38.7 Å². The quantitative estimate of drug-likeness (QED) is 0.338. The predicted molar refractivity (Wildman–Crippen MR) is 130 cm³/mol. The standard InChI is InChI=1S/C26H31N3O5/c1-24(2)20-11-13-25(3,27)14-12-21(20)28(16-6-4-5-7-23(30)31)26(24)15-10-18-17-19(29(32)33)8-9-22(18)34-26/h8-15,17H,4-7,16,27H2,1-3H3,(H,30,31). The fourth-order valence-electron chi connectivity index (χ4n) is 4.99. The van der Waals surface area contributed by atoms with Crippen LogP contribution in [0, 0.1) is 15.5 Å². The molecule has 8 nitrogen and oxygen atoms in total. The van der Waals surface area contributed by atoms with Gasteiger partial charge in [0.05, 0.1) is 15.9 Å². The van der Waals surface area contributed by atoms with Crippen molar-refractivity contribution in [2.45, 2.75) is 57.7 Å². The highest BCUT2D eigenvalue weighted by Crippen LogP contribution is 2.56. The van der Waals surface area contributed by atoms with Crippen molar-refractivity contribution in [1.29, 1.82) is 0 Å². The van der Waals surface area contributed by atoms with Crippen molar-refractivity contribution in [3.63, 3.8) is 0 Å². The molecule has 2 unspecified atom stereocenters. The number of nitrogens with two attached hydrogens (primary N) is 1.